The van der Waals surface area contributed by atoms with Crippen molar-refractivity contribution in [2.45, 2.75) is 6.92 Å². The van der Waals surface area contributed by atoms with Gasteiger partial charge in [-0.2, -0.15) is 0 Å². The summed E-state index contributed by atoms with van der Waals surface area (Å²) in [6.07, 6.45) is 0. The van der Waals surface area contributed by atoms with Crippen molar-refractivity contribution in [2.75, 3.05) is 0 Å². The first-order valence-electron chi connectivity index (χ1n) is 5.81. The van der Waals surface area contributed by atoms with Gasteiger partial charge in [-0.15, -0.1) is 0 Å². The molecule has 2 aromatic carbocycles. The summed E-state index contributed by atoms with van der Waals surface area (Å²) in [4.78, 5) is 15.8. The molecular weight excluding hydrogens is 262 g/mol. The molecule has 0 saturated carbocycles. The molecule has 0 saturated heterocycles. The Bertz CT molecular complexity index is 762. The van der Waals surface area contributed by atoms with E-state index >= 15 is 0 Å². The molecule has 0 spiro atoms. The molecule has 0 aliphatic heterocycles. The summed E-state index contributed by atoms with van der Waals surface area (Å²) in [5.41, 5.74) is 2.51. The molecule has 0 aliphatic carbocycles. The minimum Gasteiger partial charge on any atom is -0.435 e. The Balaban J connectivity index is 2.21. The van der Waals surface area contributed by atoms with Crippen LogP contribution in [0.2, 0.25) is 5.02 Å². The van der Waals surface area contributed by atoms with Gasteiger partial charge in [0.1, 0.15) is 5.52 Å². The average molecular weight is 272 g/mol. The van der Waals surface area contributed by atoms with E-state index in [9.17, 15) is 4.79 Å². The molecule has 19 heavy (non-hydrogen) atoms. The maximum absolute atomic E-state index is 11.4. The van der Waals surface area contributed by atoms with Crippen molar-refractivity contribution in [3.05, 3.63) is 53.1 Å². The van der Waals surface area contributed by atoms with Crippen LogP contribution < -0.4 is 0 Å². The number of nitrogens with zero attached hydrogens (tertiary/aromatic N) is 1. The van der Waals surface area contributed by atoms with Crippen LogP contribution in [-0.2, 0) is 0 Å². The summed E-state index contributed by atoms with van der Waals surface area (Å²) in [5.74, 6) is 0.450. The third-order valence-electron chi connectivity index (χ3n) is 2.87. The number of fused-ring (bicyclic) bond motifs is 1. The van der Waals surface area contributed by atoms with E-state index in [-0.39, 0.29) is 5.78 Å². The highest BCUT2D eigenvalue weighted by Crippen LogP contribution is 2.30. The van der Waals surface area contributed by atoms with Crippen molar-refractivity contribution >= 4 is 28.5 Å². The van der Waals surface area contributed by atoms with Gasteiger partial charge in [-0.25, -0.2) is 4.98 Å². The van der Waals surface area contributed by atoms with Crippen LogP contribution in [0.5, 0.6) is 0 Å². The molecule has 0 radical (unpaired) electrons. The number of hydrogen-bond donors (Lipinski definition) is 0. The molecule has 0 N–H and O–H groups in total. The van der Waals surface area contributed by atoms with Crippen LogP contribution in [0, 0.1) is 0 Å². The van der Waals surface area contributed by atoms with Crippen LogP contribution in [0.3, 0.4) is 0 Å². The number of carbonyl (C=O) groups is 1. The molecule has 0 amide bonds. The predicted octanol–water partition coefficient (Wildman–Crippen LogP) is 4.35. The number of benzene rings is 2. The molecule has 0 aliphatic rings. The standard InChI is InChI=1S/C15H10ClNO2/c1-9(18)11-7-12(16)14-13(8-11)17-15(19-14)10-5-3-2-4-6-10/h2-8H,1H3. The Morgan fingerprint density at radius 2 is 1.95 bits per heavy atom. The van der Waals surface area contributed by atoms with Crippen LogP contribution >= 0.6 is 11.6 Å². The largest absolute Gasteiger partial charge is 0.435 e. The lowest BCUT2D eigenvalue weighted by atomic mass is 10.1. The third-order valence-corrected chi connectivity index (χ3v) is 3.15. The SMILES string of the molecule is CC(=O)c1cc(Cl)c2oc(-c3ccccc3)nc2c1. The second-order valence-electron chi connectivity index (χ2n) is 4.25. The normalized spacial score (nSPS) is 10.8. The zero-order valence-electron chi connectivity index (χ0n) is 10.2. The molecule has 1 heterocycles. The maximum Gasteiger partial charge on any atom is 0.227 e. The second-order valence-corrected chi connectivity index (χ2v) is 4.65. The Morgan fingerprint density at radius 3 is 2.63 bits per heavy atom. The molecule has 0 bridgehead atoms. The Kier molecular flexibility index (Phi) is 2.84. The lowest BCUT2D eigenvalue weighted by Crippen LogP contribution is -1.91. The predicted molar refractivity (Wildman–Crippen MR) is 74.5 cm³/mol. The number of ketones is 1. The van der Waals surface area contributed by atoms with Gasteiger partial charge in [0.05, 0.1) is 5.02 Å². The number of Topliss-reactive ketones (excluding diaryl/α,β-unsaturated/α-hetero) is 1. The quantitative estimate of drug-likeness (QED) is 0.651. The highest BCUT2D eigenvalue weighted by atomic mass is 35.5. The van der Waals surface area contributed by atoms with E-state index in [1.54, 1.807) is 12.1 Å². The van der Waals surface area contributed by atoms with Crippen molar-refractivity contribution in [3.8, 4) is 11.5 Å². The Hall–Kier alpha value is -2.13. The van der Waals surface area contributed by atoms with E-state index in [0.717, 1.165) is 5.56 Å². The number of rotatable bonds is 2. The van der Waals surface area contributed by atoms with Crippen LogP contribution in [-0.4, -0.2) is 10.8 Å². The van der Waals surface area contributed by atoms with E-state index in [1.165, 1.54) is 6.92 Å². The van der Waals surface area contributed by atoms with Crippen LogP contribution in [0.4, 0.5) is 0 Å². The lowest BCUT2D eigenvalue weighted by Gasteiger charge is -1.96. The van der Waals surface area contributed by atoms with Crippen molar-refractivity contribution in [3.63, 3.8) is 0 Å². The highest BCUT2D eigenvalue weighted by Gasteiger charge is 2.13. The number of hydrogen-bond acceptors (Lipinski definition) is 3. The van der Waals surface area contributed by atoms with Crippen molar-refractivity contribution in [1.29, 1.82) is 0 Å². The van der Waals surface area contributed by atoms with E-state index in [2.05, 4.69) is 4.98 Å². The van der Waals surface area contributed by atoms with Gasteiger partial charge < -0.3 is 4.42 Å². The van der Waals surface area contributed by atoms with Crippen LogP contribution in [0.25, 0.3) is 22.6 Å². The molecule has 0 unspecified atom stereocenters. The molecule has 4 heteroatoms. The number of aromatic nitrogens is 1. The molecule has 3 nitrogen and oxygen atoms in total. The van der Waals surface area contributed by atoms with Crippen molar-refractivity contribution in [1.82, 2.24) is 4.98 Å². The van der Waals surface area contributed by atoms with Gasteiger partial charge in [-0.1, -0.05) is 29.8 Å². The van der Waals surface area contributed by atoms with Crippen molar-refractivity contribution in [2.24, 2.45) is 0 Å². The van der Waals surface area contributed by atoms with E-state index in [1.807, 2.05) is 30.3 Å². The van der Waals surface area contributed by atoms with Gasteiger partial charge >= 0.3 is 0 Å². The molecule has 0 atom stereocenters. The summed E-state index contributed by atoms with van der Waals surface area (Å²) in [7, 11) is 0. The molecule has 3 rings (SSSR count). The Morgan fingerprint density at radius 1 is 1.21 bits per heavy atom. The lowest BCUT2D eigenvalue weighted by molar-refractivity contribution is 0.101. The first kappa shape index (κ1) is 11.9. The fourth-order valence-electron chi connectivity index (χ4n) is 1.90. The highest BCUT2D eigenvalue weighted by molar-refractivity contribution is 6.35. The topological polar surface area (TPSA) is 43.1 Å². The van der Waals surface area contributed by atoms with Crippen LogP contribution in [0.1, 0.15) is 17.3 Å². The first-order valence-corrected chi connectivity index (χ1v) is 6.19. The fourth-order valence-corrected chi connectivity index (χ4v) is 2.15. The number of carbonyl (C=O) groups excluding carboxylic acids is 1. The van der Waals surface area contributed by atoms with Gasteiger partial charge in [0, 0.05) is 11.1 Å². The zero-order chi connectivity index (χ0) is 13.4. The average Bonchev–Trinajstić information content (AvgIpc) is 2.84. The van der Waals surface area contributed by atoms with E-state index in [0.29, 0.717) is 27.6 Å². The fraction of sp³-hybridized carbons (Fsp3) is 0.0667. The Labute approximate surface area is 114 Å². The van der Waals surface area contributed by atoms with E-state index < -0.39 is 0 Å². The van der Waals surface area contributed by atoms with Gasteiger partial charge in [-0.3, -0.25) is 4.79 Å². The number of oxazole rings is 1. The number of halogens is 1. The van der Waals surface area contributed by atoms with Gasteiger partial charge in [0.15, 0.2) is 11.4 Å². The molecule has 0 fully saturated rings. The minimum absolute atomic E-state index is 0.0481. The van der Waals surface area contributed by atoms with E-state index in [4.69, 9.17) is 16.0 Å². The summed E-state index contributed by atoms with van der Waals surface area (Å²) >= 11 is 6.12. The summed E-state index contributed by atoms with van der Waals surface area (Å²) in [5, 5.41) is 0.400. The molecule has 94 valence electrons. The van der Waals surface area contributed by atoms with Gasteiger partial charge in [0.2, 0.25) is 5.89 Å². The first-order chi connectivity index (χ1) is 9.15. The van der Waals surface area contributed by atoms with Crippen LogP contribution in [0.15, 0.2) is 46.9 Å². The summed E-state index contributed by atoms with van der Waals surface area (Å²) < 4.78 is 5.67. The molecule has 1 aromatic heterocycles. The smallest absolute Gasteiger partial charge is 0.227 e. The summed E-state index contributed by atoms with van der Waals surface area (Å²) in [6.45, 7) is 1.50. The monoisotopic (exact) mass is 271 g/mol. The molecular formula is C15H10ClNO2. The van der Waals surface area contributed by atoms with Gasteiger partial charge in [0.25, 0.3) is 0 Å². The minimum atomic E-state index is -0.0481. The zero-order valence-corrected chi connectivity index (χ0v) is 10.9. The molecule has 3 aromatic rings. The third kappa shape index (κ3) is 2.13. The summed E-state index contributed by atoms with van der Waals surface area (Å²) in [6, 6.07) is 12.9. The maximum atomic E-state index is 11.4. The van der Waals surface area contributed by atoms with Gasteiger partial charge in [-0.05, 0) is 31.2 Å². The second kappa shape index (κ2) is 4.52. The van der Waals surface area contributed by atoms with Crippen molar-refractivity contribution < 1.29 is 9.21 Å².